The maximum atomic E-state index is 11.1. The van der Waals surface area contributed by atoms with Gasteiger partial charge in [-0.25, -0.2) is 4.98 Å². The van der Waals surface area contributed by atoms with E-state index in [0.717, 1.165) is 26.2 Å². The number of aromatic nitrogens is 1. The van der Waals surface area contributed by atoms with Crippen LogP contribution in [0.4, 0.5) is 17.2 Å². The number of aromatic amines is 1. The minimum absolute atomic E-state index is 0.131. The summed E-state index contributed by atoms with van der Waals surface area (Å²) in [6, 6.07) is 11.5. The summed E-state index contributed by atoms with van der Waals surface area (Å²) in [6.07, 6.45) is 1.73. The molecule has 0 spiro atoms. The zero-order valence-corrected chi connectivity index (χ0v) is 12.5. The van der Waals surface area contributed by atoms with Crippen molar-refractivity contribution in [2.45, 2.75) is 6.92 Å². The van der Waals surface area contributed by atoms with Crippen molar-refractivity contribution in [3.8, 4) is 0 Å². The van der Waals surface area contributed by atoms with Crippen molar-refractivity contribution in [3.63, 3.8) is 0 Å². The van der Waals surface area contributed by atoms with E-state index in [1.165, 1.54) is 11.3 Å². The minimum atomic E-state index is -0.334. The van der Waals surface area contributed by atoms with Gasteiger partial charge < -0.3 is 4.90 Å². The largest absolute Gasteiger partial charge is 0.363 e. The van der Waals surface area contributed by atoms with Crippen LogP contribution >= 0.6 is 0 Å². The Labute approximate surface area is 129 Å². The van der Waals surface area contributed by atoms with Crippen LogP contribution in [0.2, 0.25) is 0 Å². The molecule has 1 aliphatic heterocycles. The average molecular weight is 299 g/mol. The molecule has 1 aliphatic rings. The zero-order valence-electron chi connectivity index (χ0n) is 12.5. The van der Waals surface area contributed by atoms with Crippen molar-refractivity contribution in [1.82, 2.24) is 0 Å². The third-order valence-electron chi connectivity index (χ3n) is 4.06. The van der Waals surface area contributed by atoms with E-state index >= 15 is 0 Å². The van der Waals surface area contributed by atoms with Crippen LogP contribution < -0.4 is 14.8 Å². The molecule has 0 atom stereocenters. The summed E-state index contributed by atoms with van der Waals surface area (Å²) in [5.41, 5.74) is 2.63. The van der Waals surface area contributed by atoms with Gasteiger partial charge in [-0.2, -0.15) is 0 Å². The van der Waals surface area contributed by atoms with Gasteiger partial charge in [-0.1, -0.05) is 18.2 Å². The monoisotopic (exact) mass is 299 g/mol. The first-order chi connectivity index (χ1) is 10.7. The van der Waals surface area contributed by atoms with Crippen LogP contribution in [0.5, 0.6) is 0 Å². The Hall–Kier alpha value is -2.63. The van der Waals surface area contributed by atoms with E-state index in [0.29, 0.717) is 5.82 Å². The fourth-order valence-electron chi connectivity index (χ4n) is 2.91. The Morgan fingerprint density at radius 1 is 1.05 bits per heavy atom. The summed E-state index contributed by atoms with van der Waals surface area (Å²) < 4.78 is 0. The number of piperazine rings is 1. The number of anilines is 2. The molecule has 1 fully saturated rings. The second kappa shape index (κ2) is 6.01. The molecule has 0 saturated carbocycles. The molecule has 0 aliphatic carbocycles. The average Bonchev–Trinajstić information content (AvgIpc) is 2.55. The molecule has 6 heteroatoms. The maximum Gasteiger partial charge on any atom is 0.357 e. The first-order valence-corrected chi connectivity index (χ1v) is 7.37. The maximum absolute atomic E-state index is 11.1. The molecule has 1 aromatic heterocycles. The second-order valence-corrected chi connectivity index (χ2v) is 5.42. The smallest absolute Gasteiger partial charge is 0.357 e. The number of pyridine rings is 1. The van der Waals surface area contributed by atoms with Crippen molar-refractivity contribution >= 4 is 17.2 Å². The lowest BCUT2D eigenvalue weighted by atomic mass is 10.1. The molecule has 114 valence electrons. The molecule has 1 saturated heterocycles. The summed E-state index contributed by atoms with van der Waals surface area (Å²) >= 11 is 0. The molecule has 0 amide bonds. The summed E-state index contributed by atoms with van der Waals surface area (Å²) in [4.78, 5) is 18.2. The third kappa shape index (κ3) is 2.72. The number of aryl methyl sites for hydroxylation is 1. The Morgan fingerprint density at radius 3 is 2.41 bits per heavy atom. The van der Waals surface area contributed by atoms with E-state index in [-0.39, 0.29) is 10.6 Å². The lowest BCUT2D eigenvalue weighted by molar-refractivity contribution is -0.411. The Balaban J connectivity index is 1.75. The van der Waals surface area contributed by atoms with Gasteiger partial charge in [0.25, 0.3) is 0 Å². The number of nitro groups is 1. The lowest BCUT2D eigenvalue weighted by Crippen LogP contribution is -2.48. The topological polar surface area (TPSA) is 63.8 Å². The summed E-state index contributed by atoms with van der Waals surface area (Å²) in [5.74, 6) is 0.594. The number of hydrogen-bond acceptors (Lipinski definition) is 4. The Kier molecular flexibility index (Phi) is 3.91. The van der Waals surface area contributed by atoms with Crippen molar-refractivity contribution in [3.05, 3.63) is 58.3 Å². The molecule has 0 unspecified atom stereocenters. The predicted molar refractivity (Wildman–Crippen MR) is 85.3 cm³/mol. The van der Waals surface area contributed by atoms with Crippen LogP contribution in [0.15, 0.2) is 42.6 Å². The van der Waals surface area contributed by atoms with Crippen molar-refractivity contribution in [2.24, 2.45) is 0 Å². The summed E-state index contributed by atoms with van der Waals surface area (Å²) in [5, 5.41) is 11.1. The van der Waals surface area contributed by atoms with Gasteiger partial charge in [0.1, 0.15) is 13.1 Å². The third-order valence-corrected chi connectivity index (χ3v) is 4.06. The first kappa shape index (κ1) is 14.3. The van der Waals surface area contributed by atoms with E-state index in [4.69, 9.17) is 0 Å². The van der Waals surface area contributed by atoms with Crippen molar-refractivity contribution in [1.29, 1.82) is 0 Å². The number of hydrogen-bond donors (Lipinski definition) is 0. The van der Waals surface area contributed by atoms with Crippen molar-refractivity contribution in [2.75, 3.05) is 36.0 Å². The fourth-order valence-corrected chi connectivity index (χ4v) is 2.91. The first-order valence-electron chi connectivity index (χ1n) is 7.37. The molecule has 1 N–H and O–H groups in total. The summed E-state index contributed by atoms with van der Waals surface area (Å²) in [6.45, 7) is 5.33. The van der Waals surface area contributed by atoms with Crippen LogP contribution in [0.1, 0.15) is 5.56 Å². The molecule has 6 nitrogen and oxygen atoms in total. The van der Waals surface area contributed by atoms with Gasteiger partial charge >= 0.3 is 11.5 Å². The number of H-pyrrole nitrogens is 1. The number of nitrogens with zero attached hydrogens (tertiary/aromatic N) is 3. The minimum Gasteiger partial charge on any atom is -0.363 e. The molecule has 22 heavy (non-hydrogen) atoms. The predicted octanol–water partition coefficient (Wildman–Crippen LogP) is 2.04. The molecule has 1 aromatic carbocycles. The highest BCUT2D eigenvalue weighted by atomic mass is 16.6. The van der Waals surface area contributed by atoms with Crippen LogP contribution in [0.3, 0.4) is 0 Å². The highest BCUT2D eigenvalue weighted by Crippen LogP contribution is 2.25. The molecule has 0 radical (unpaired) electrons. The van der Waals surface area contributed by atoms with E-state index in [2.05, 4.69) is 28.9 Å². The zero-order chi connectivity index (χ0) is 15.5. The molecular weight excluding hydrogens is 280 g/mol. The van der Waals surface area contributed by atoms with Gasteiger partial charge in [-0.05, 0) is 24.6 Å². The lowest BCUT2D eigenvalue weighted by Gasteiger charge is -2.33. The SMILES string of the molecule is Cc1ccccc1N1CCN(c2[nH+]cccc2[N+](=O)[O-])CC1. The van der Waals surface area contributed by atoms with Gasteiger partial charge in [0.05, 0.1) is 24.2 Å². The summed E-state index contributed by atoms with van der Waals surface area (Å²) in [7, 11) is 0. The molecular formula is C16H19N4O2+. The number of rotatable bonds is 3. The van der Waals surface area contributed by atoms with E-state index in [9.17, 15) is 10.1 Å². The highest BCUT2D eigenvalue weighted by molar-refractivity contribution is 5.57. The van der Waals surface area contributed by atoms with Gasteiger partial charge in [-0.15, -0.1) is 0 Å². The molecule has 0 bridgehead atoms. The van der Waals surface area contributed by atoms with Gasteiger partial charge in [0.2, 0.25) is 0 Å². The molecule has 2 heterocycles. The fraction of sp³-hybridized carbons (Fsp3) is 0.312. The van der Waals surface area contributed by atoms with Gasteiger partial charge in [0.15, 0.2) is 0 Å². The Morgan fingerprint density at radius 2 is 1.73 bits per heavy atom. The van der Waals surface area contributed by atoms with Crippen LogP contribution in [0.25, 0.3) is 0 Å². The quantitative estimate of drug-likeness (QED) is 0.642. The second-order valence-electron chi connectivity index (χ2n) is 5.42. The van der Waals surface area contributed by atoms with E-state index in [1.54, 1.807) is 18.3 Å². The number of benzene rings is 1. The van der Waals surface area contributed by atoms with Crippen LogP contribution in [-0.2, 0) is 0 Å². The molecule has 3 rings (SSSR count). The Bertz CT molecular complexity index is 681. The normalized spacial score (nSPS) is 15.0. The standard InChI is InChI=1S/C16H18N4O2/c1-13-5-2-3-6-14(13)18-9-11-19(12-10-18)16-15(20(21)22)7-4-8-17-16/h2-8H,9-12H2,1H3/p+1. The van der Waals surface area contributed by atoms with E-state index in [1.807, 2.05) is 17.0 Å². The number of nitrogens with one attached hydrogen (secondary N) is 1. The van der Waals surface area contributed by atoms with Gasteiger partial charge in [-0.3, -0.25) is 15.0 Å². The van der Waals surface area contributed by atoms with Crippen LogP contribution in [-0.4, -0.2) is 31.1 Å². The van der Waals surface area contributed by atoms with Crippen LogP contribution in [0, 0.1) is 17.0 Å². The van der Waals surface area contributed by atoms with E-state index < -0.39 is 0 Å². The van der Waals surface area contributed by atoms with Crippen molar-refractivity contribution < 1.29 is 9.91 Å². The highest BCUT2D eigenvalue weighted by Gasteiger charge is 2.30. The number of para-hydroxylation sites is 1. The van der Waals surface area contributed by atoms with Gasteiger partial charge in [0, 0.05) is 11.8 Å². The molecule has 2 aromatic rings.